The lowest BCUT2D eigenvalue weighted by Gasteiger charge is -2.18. The van der Waals surface area contributed by atoms with Crippen LogP contribution in [-0.2, 0) is 11.3 Å². The van der Waals surface area contributed by atoms with Crippen molar-refractivity contribution in [1.29, 1.82) is 0 Å². The minimum atomic E-state index is -0.259. The standard InChI is InChI=1S/C30H29FN4O2/c1-32-29(36)25-3-2-4-26-27(25)35(18-19-15-16-34(17-19)30(37)23-9-10-23)28(33-26)22-7-5-20(6-8-22)21-11-13-24(31)14-12-21/h2-8,11-14,19,23H,9-10,15-18H2,1H3,(H,32,36)/t19-/m1/s1. The van der Waals surface area contributed by atoms with E-state index in [2.05, 4.69) is 9.88 Å². The Balaban J connectivity index is 1.38. The summed E-state index contributed by atoms with van der Waals surface area (Å²) in [7, 11) is 1.63. The van der Waals surface area contributed by atoms with Crippen molar-refractivity contribution in [2.24, 2.45) is 11.8 Å². The summed E-state index contributed by atoms with van der Waals surface area (Å²) in [5.41, 5.74) is 5.03. The number of carbonyl (C=O) groups excluding carboxylic acids is 2. The average Bonchev–Trinajstić information content (AvgIpc) is 3.57. The van der Waals surface area contributed by atoms with Crippen LogP contribution in [0.25, 0.3) is 33.5 Å². The van der Waals surface area contributed by atoms with Gasteiger partial charge in [-0.05, 0) is 60.6 Å². The summed E-state index contributed by atoms with van der Waals surface area (Å²) in [6.07, 6.45) is 2.96. The third-order valence-electron chi connectivity index (χ3n) is 7.52. The van der Waals surface area contributed by atoms with Crippen molar-refractivity contribution >= 4 is 22.8 Å². The van der Waals surface area contributed by atoms with E-state index in [1.807, 2.05) is 47.4 Å². The first kappa shape index (κ1) is 23.4. The number of nitrogens with one attached hydrogen (secondary N) is 1. The van der Waals surface area contributed by atoms with Crippen molar-refractivity contribution < 1.29 is 14.0 Å². The zero-order chi connectivity index (χ0) is 25.5. The number of likely N-dealkylation sites (tertiary alicyclic amines) is 1. The van der Waals surface area contributed by atoms with Gasteiger partial charge >= 0.3 is 0 Å². The van der Waals surface area contributed by atoms with Gasteiger partial charge in [-0.2, -0.15) is 0 Å². The molecule has 2 amide bonds. The molecule has 6 rings (SSSR count). The molecule has 2 heterocycles. The van der Waals surface area contributed by atoms with Gasteiger partial charge in [-0.1, -0.05) is 42.5 Å². The maximum absolute atomic E-state index is 13.4. The number of hydrogen-bond donors (Lipinski definition) is 1. The smallest absolute Gasteiger partial charge is 0.253 e. The third kappa shape index (κ3) is 4.50. The highest BCUT2D eigenvalue weighted by Gasteiger charge is 2.37. The number of fused-ring (bicyclic) bond motifs is 1. The lowest BCUT2D eigenvalue weighted by molar-refractivity contribution is -0.131. The molecule has 0 unspecified atom stereocenters. The second-order valence-electron chi connectivity index (χ2n) is 10.1. The highest BCUT2D eigenvalue weighted by atomic mass is 19.1. The Labute approximate surface area is 215 Å². The molecular weight excluding hydrogens is 467 g/mol. The first-order chi connectivity index (χ1) is 18.0. The fraction of sp³-hybridized carbons (Fsp3) is 0.300. The van der Waals surface area contributed by atoms with E-state index < -0.39 is 0 Å². The number of halogens is 1. The van der Waals surface area contributed by atoms with E-state index in [0.29, 0.717) is 18.0 Å². The van der Waals surface area contributed by atoms with E-state index >= 15 is 0 Å². The number of imidazole rings is 1. The van der Waals surface area contributed by atoms with Gasteiger partial charge in [-0.15, -0.1) is 0 Å². The number of hydrogen-bond acceptors (Lipinski definition) is 3. The number of para-hydroxylation sites is 1. The second-order valence-corrected chi connectivity index (χ2v) is 10.1. The Hall–Kier alpha value is -4.00. The van der Waals surface area contributed by atoms with Crippen LogP contribution in [0, 0.1) is 17.7 Å². The second kappa shape index (κ2) is 9.47. The van der Waals surface area contributed by atoms with Gasteiger partial charge in [-0.25, -0.2) is 9.37 Å². The van der Waals surface area contributed by atoms with Gasteiger partial charge in [0.1, 0.15) is 11.6 Å². The Bertz CT molecular complexity index is 1470. The van der Waals surface area contributed by atoms with E-state index in [1.54, 1.807) is 19.2 Å². The fourth-order valence-electron chi connectivity index (χ4n) is 5.38. The fourth-order valence-corrected chi connectivity index (χ4v) is 5.38. The summed E-state index contributed by atoms with van der Waals surface area (Å²) in [5, 5.41) is 2.75. The molecule has 1 saturated heterocycles. The lowest BCUT2D eigenvalue weighted by atomic mass is 10.0. The molecule has 2 fully saturated rings. The van der Waals surface area contributed by atoms with Gasteiger partial charge in [0.15, 0.2) is 0 Å². The van der Waals surface area contributed by atoms with E-state index in [-0.39, 0.29) is 23.6 Å². The van der Waals surface area contributed by atoms with E-state index in [9.17, 15) is 14.0 Å². The van der Waals surface area contributed by atoms with Crippen LogP contribution in [0.5, 0.6) is 0 Å². The van der Waals surface area contributed by atoms with E-state index in [1.165, 1.54) is 12.1 Å². The quantitative estimate of drug-likeness (QED) is 0.403. The normalized spacial score (nSPS) is 17.4. The minimum absolute atomic E-state index is 0.151. The zero-order valence-corrected chi connectivity index (χ0v) is 20.8. The largest absolute Gasteiger partial charge is 0.355 e. The molecule has 7 heteroatoms. The van der Waals surface area contributed by atoms with E-state index in [4.69, 9.17) is 4.98 Å². The molecule has 1 N–H and O–H groups in total. The molecular formula is C30H29FN4O2. The predicted octanol–water partition coefficient (Wildman–Crippen LogP) is 5.13. The number of rotatable bonds is 6. The van der Waals surface area contributed by atoms with Crippen molar-refractivity contribution in [3.63, 3.8) is 0 Å². The number of benzene rings is 3. The summed E-state index contributed by atoms with van der Waals surface area (Å²) < 4.78 is 15.5. The molecule has 1 aromatic heterocycles. The summed E-state index contributed by atoms with van der Waals surface area (Å²) in [6.45, 7) is 2.20. The predicted molar refractivity (Wildman–Crippen MR) is 141 cm³/mol. The highest BCUT2D eigenvalue weighted by Crippen LogP contribution is 2.35. The zero-order valence-electron chi connectivity index (χ0n) is 20.8. The van der Waals surface area contributed by atoms with Crippen LogP contribution in [0.2, 0.25) is 0 Å². The SMILES string of the molecule is CNC(=O)c1cccc2nc(-c3ccc(-c4ccc(F)cc4)cc3)n(C[C@@H]3CCN(C(=O)C4CC4)C3)c12. The van der Waals surface area contributed by atoms with Crippen LogP contribution in [0.1, 0.15) is 29.6 Å². The van der Waals surface area contributed by atoms with Gasteiger partial charge < -0.3 is 14.8 Å². The van der Waals surface area contributed by atoms with Crippen molar-refractivity contribution in [3.05, 3.63) is 78.1 Å². The van der Waals surface area contributed by atoms with Gasteiger partial charge in [0.25, 0.3) is 5.91 Å². The van der Waals surface area contributed by atoms with Crippen molar-refractivity contribution in [3.8, 4) is 22.5 Å². The van der Waals surface area contributed by atoms with Gasteiger partial charge in [-0.3, -0.25) is 9.59 Å². The Morgan fingerprint density at radius 1 is 0.946 bits per heavy atom. The van der Waals surface area contributed by atoms with Crippen LogP contribution in [0.3, 0.4) is 0 Å². The Kier molecular flexibility index (Phi) is 5.99. The Morgan fingerprint density at radius 2 is 1.62 bits per heavy atom. The molecule has 1 aliphatic heterocycles. The van der Waals surface area contributed by atoms with Crippen LogP contribution in [0.15, 0.2) is 66.7 Å². The molecule has 1 atom stereocenters. The molecule has 3 aromatic carbocycles. The number of nitrogens with zero attached hydrogens (tertiary/aromatic N) is 3. The van der Waals surface area contributed by atoms with Crippen molar-refractivity contribution in [1.82, 2.24) is 19.8 Å². The first-order valence-electron chi connectivity index (χ1n) is 12.9. The maximum atomic E-state index is 13.4. The lowest BCUT2D eigenvalue weighted by Crippen LogP contribution is -2.30. The topological polar surface area (TPSA) is 67.2 Å². The molecule has 1 aliphatic carbocycles. The van der Waals surface area contributed by atoms with Crippen molar-refractivity contribution in [2.75, 3.05) is 20.1 Å². The van der Waals surface area contributed by atoms with Crippen LogP contribution >= 0.6 is 0 Å². The van der Waals surface area contributed by atoms with E-state index in [0.717, 1.165) is 65.9 Å². The molecule has 37 heavy (non-hydrogen) atoms. The molecule has 0 bridgehead atoms. The third-order valence-corrected chi connectivity index (χ3v) is 7.52. The Morgan fingerprint density at radius 3 is 2.30 bits per heavy atom. The number of aromatic nitrogens is 2. The molecule has 4 aromatic rings. The molecule has 0 spiro atoms. The minimum Gasteiger partial charge on any atom is -0.355 e. The average molecular weight is 497 g/mol. The summed E-state index contributed by atoms with van der Waals surface area (Å²) in [5.74, 6) is 1.19. The van der Waals surface area contributed by atoms with Gasteiger partial charge in [0.05, 0.1) is 16.6 Å². The van der Waals surface area contributed by atoms with Crippen LogP contribution < -0.4 is 5.32 Å². The summed E-state index contributed by atoms with van der Waals surface area (Å²) in [4.78, 5) is 32.4. The number of amides is 2. The molecule has 188 valence electrons. The molecule has 6 nitrogen and oxygen atoms in total. The van der Waals surface area contributed by atoms with Crippen LogP contribution in [0.4, 0.5) is 4.39 Å². The number of carbonyl (C=O) groups is 2. The molecule has 0 radical (unpaired) electrons. The molecule has 2 aliphatic rings. The summed E-state index contributed by atoms with van der Waals surface area (Å²) >= 11 is 0. The van der Waals surface area contributed by atoms with Gasteiger partial charge in [0.2, 0.25) is 5.91 Å². The summed E-state index contributed by atoms with van der Waals surface area (Å²) in [6, 6.07) is 20.1. The monoisotopic (exact) mass is 496 g/mol. The highest BCUT2D eigenvalue weighted by molar-refractivity contribution is 6.05. The molecule has 1 saturated carbocycles. The van der Waals surface area contributed by atoms with Crippen LogP contribution in [-0.4, -0.2) is 46.4 Å². The van der Waals surface area contributed by atoms with Gasteiger partial charge in [0, 0.05) is 38.2 Å². The first-order valence-corrected chi connectivity index (χ1v) is 12.9. The van der Waals surface area contributed by atoms with Crippen molar-refractivity contribution in [2.45, 2.75) is 25.8 Å². The maximum Gasteiger partial charge on any atom is 0.253 e.